The third kappa shape index (κ3) is 47.9. The molecule has 0 radical (unpaired) electrons. The summed E-state index contributed by atoms with van der Waals surface area (Å²) in [5, 5.41) is 0. The van der Waals surface area contributed by atoms with Gasteiger partial charge in [-0.25, -0.2) is 4.57 Å². The van der Waals surface area contributed by atoms with E-state index in [1.165, 1.54) is 199 Å². The molecule has 0 aromatic heterocycles. The fourth-order valence-corrected chi connectivity index (χ4v) is 8.25. The molecule has 352 valence electrons. The second kappa shape index (κ2) is 43.7. The minimum absolute atomic E-state index is 0.220. The molecule has 0 saturated heterocycles. The summed E-state index contributed by atoms with van der Waals surface area (Å²) in [5.74, 6) is 0.880. The monoisotopic (exact) mass is 859 g/mol. The quantitative estimate of drug-likeness (QED) is 0.0353. The highest BCUT2D eigenvalue weighted by Gasteiger charge is 2.23. The van der Waals surface area contributed by atoms with Crippen molar-refractivity contribution in [2.45, 2.75) is 284 Å². The molecule has 0 bridgehead atoms. The topological polar surface area (TPSA) is 119 Å². The molecule has 0 amide bonds. The molecule has 0 spiro atoms. The largest absolute Gasteiger partial charge is 0.469 e. The molecule has 0 saturated carbocycles. The number of hydrogen-bond acceptors (Lipinski definition) is 6. The maximum absolute atomic E-state index is 12.5. The average Bonchev–Trinajstić information content (AvgIpc) is 3.20. The Kier molecular flexibility index (Phi) is 43.0. The van der Waals surface area contributed by atoms with Crippen molar-refractivity contribution in [3.63, 3.8) is 0 Å². The highest BCUT2D eigenvalue weighted by atomic mass is 31.2. The van der Waals surface area contributed by atoms with E-state index in [1.54, 1.807) is 0 Å². The van der Waals surface area contributed by atoms with Gasteiger partial charge in [-0.1, -0.05) is 252 Å². The van der Waals surface area contributed by atoms with Gasteiger partial charge in [0.1, 0.15) is 6.61 Å². The number of ether oxygens (including phenoxy) is 2. The molecule has 0 aliphatic carbocycles. The van der Waals surface area contributed by atoms with Gasteiger partial charge in [0, 0.05) is 12.8 Å². The van der Waals surface area contributed by atoms with E-state index >= 15 is 0 Å². The SMILES string of the molecule is CCC(C)CCCCCCCCCCCCCCCCCCCCC(=O)O[C@H](COC(=O)CCCCCCCCCCCCCCCCCCC(C)C)COP(=O)(O)O. The van der Waals surface area contributed by atoms with E-state index in [2.05, 4.69) is 32.2 Å². The lowest BCUT2D eigenvalue weighted by Gasteiger charge is -2.18. The highest BCUT2D eigenvalue weighted by Crippen LogP contribution is 2.36. The Labute approximate surface area is 365 Å². The van der Waals surface area contributed by atoms with Gasteiger partial charge in [0.05, 0.1) is 6.61 Å². The molecule has 0 rings (SSSR count). The molecule has 9 heteroatoms. The summed E-state index contributed by atoms with van der Waals surface area (Å²) in [6.07, 6.45) is 46.9. The molecule has 59 heavy (non-hydrogen) atoms. The fourth-order valence-electron chi connectivity index (χ4n) is 7.89. The van der Waals surface area contributed by atoms with E-state index in [4.69, 9.17) is 19.3 Å². The summed E-state index contributed by atoms with van der Waals surface area (Å²) in [4.78, 5) is 43.1. The maximum atomic E-state index is 12.5. The van der Waals surface area contributed by atoms with Crippen LogP contribution in [0.2, 0.25) is 0 Å². The second-order valence-corrected chi connectivity index (χ2v) is 19.8. The van der Waals surface area contributed by atoms with Gasteiger partial charge in [-0.3, -0.25) is 14.1 Å². The molecule has 0 aliphatic heterocycles. The Morgan fingerprint density at radius 3 is 1.07 bits per heavy atom. The first kappa shape index (κ1) is 58.0. The van der Waals surface area contributed by atoms with Crippen LogP contribution in [0.25, 0.3) is 0 Å². The van der Waals surface area contributed by atoms with Gasteiger partial charge in [0.2, 0.25) is 0 Å². The zero-order valence-electron chi connectivity index (χ0n) is 39.5. The predicted octanol–water partition coefficient (Wildman–Crippen LogP) is 16.1. The summed E-state index contributed by atoms with van der Waals surface area (Å²) >= 11 is 0. The first-order valence-electron chi connectivity index (χ1n) is 25.6. The lowest BCUT2D eigenvalue weighted by Crippen LogP contribution is -2.29. The highest BCUT2D eigenvalue weighted by molar-refractivity contribution is 7.46. The molecular weight excluding hydrogens is 760 g/mol. The van der Waals surface area contributed by atoms with Crippen LogP contribution in [0.15, 0.2) is 0 Å². The fraction of sp³-hybridized carbons (Fsp3) is 0.960. The van der Waals surface area contributed by atoms with Crippen LogP contribution in [0, 0.1) is 11.8 Å². The Balaban J connectivity index is 3.77. The van der Waals surface area contributed by atoms with E-state index in [9.17, 15) is 14.2 Å². The molecule has 0 aromatic rings. The van der Waals surface area contributed by atoms with E-state index in [-0.39, 0.29) is 19.4 Å². The van der Waals surface area contributed by atoms with Gasteiger partial charge in [-0.05, 0) is 24.7 Å². The normalized spacial score (nSPS) is 12.9. The summed E-state index contributed by atoms with van der Waals surface area (Å²) in [7, 11) is -4.75. The van der Waals surface area contributed by atoms with Crippen LogP contribution in [0.3, 0.4) is 0 Å². The van der Waals surface area contributed by atoms with Crippen molar-refractivity contribution in [1.82, 2.24) is 0 Å². The van der Waals surface area contributed by atoms with Crippen LogP contribution < -0.4 is 0 Å². The van der Waals surface area contributed by atoms with Gasteiger partial charge in [-0.2, -0.15) is 0 Å². The number of phosphoric acid groups is 1. The molecule has 8 nitrogen and oxygen atoms in total. The Morgan fingerprint density at radius 2 is 0.746 bits per heavy atom. The number of carbonyl (C=O) groups is 2. The summed E-state index contributed by atoms with van der Waals surface area (Å²) < 4.78 is 26.6. The van der Waals surface area contributed by atoms with Gasteiger partial charge in [0.15, 0.2) is 6.10 Å². The first-order chi connectivity index (χ1) is 28.5. The summed E-state index contributed by atoms with van der Waals surface area (Å²) in [5.41, 5.74) is 0. The van der Waals surface area contributed by atoms with Crippen LogP contribution in [0.1, 0.15) is 278 Å². The number of rotatable bonds is 47. The zero-order valence-corrected chi connectivity index (χ0v) is 40.4. The number of esters is 2. The molecular formula is C50H99O8P. The van der Waals surface area contributed by atoms with Crippen LogP contribution in [0.5, 0.6) is 0 Å². The lowest BCUT2D eigenvalue weighted by molar-refractivity contribution is -0.161. The van der Waals surface area contributed by atoms with Crippen molar-refractivity contribution in [3.05, 3.63) is 0 Å². The van der Waals surface area contributed by atoms with Gasteiger partial charge in [-0.15, -0.1) is 0 Å². The molecule has 1 unspecified atom stereocenters. The predicted molar refractivity (Wildman–Crippen MR) is 249 cm³/mol. The third-order valence-electron chi connectivity index (χ3n) is 12.1. The Bertz CT molecular complexity index is 953. The van der Waals surface area contributed by atoms with Gasteiger partial charge < -0.3 is 19.3 Å². The Morgan fingerprint density at radius 1 is 0.441 bits per heavy atom. The van der Waals surface area contributed by atoms with Crippen molar-refractivity contribution in [2.24, 2.45) is 11.8 Å². The van der Waals surface area contributed by atoms with Crippen molar-refractivity contribution in [3.8, 4) is 0 Å². The molecule has 0 aromatic carbocycles. The molecule has 2 atom stereocenters. The molecule has 0 aliphatic rings. The van der Waals surface area contributed by atoms with E-state index in [1.807, 2.05) is 0 Å². The van der Waals surface area contributed by atoms with Crippen molar-refractivity contribution >= 4 is 19.8 Å². The first-order valence-corrected chi connectivity index (χ1v) is 27.1. The van der Waals surface area contributed by atoms with Crippen molar-refractivity contribution in [2.75, 3.05) is 13.2 Å². The Hall–Kier alpha value is -0.950. The van der Waals surface area contributed by atoms with Crippen LogP contribution in [-0.2, 0) is 28.2 Å². The van der Waals surface area contributed by atoms with E-state index < -0.39 is 32.5 Å². The van der Waals surface area contributed by atoms with Crippen LogP contribution in [-0.4, -0.2) is 41.0 Å². The standard InChI is InChI=1S/C50H99O8P/c1-5-47(4)41-37-33-29-25-21-17-13-8-6-7-9-15-19-23-27-31-35-39-43-50(52)58-48(45-57-59(53,54)55)44-56-49(51)42-38-34-30-26-22-18-14-11-10-12-16-20-24-28-32-36-40-46(2)3/h46-48H,5-45H2,1-4H3,(H2,53,54,55)/t47?,48-/m1/s1. The van der Waals surface area contributed by atoms with Gasteiger partial charge in [0.25, 0.3) is 0 Å². The maximum Gasteiger partial charge on any atom is 0.469 e. The lowest BCUT2D eigenvalue weighted by atomic mass is 9.99. The second-order valence-electron chi connectivity index (χ2n) is 18.6. The number of unbranched alkanes of at least 4 members (excludes halogenated alkanes) is 32. The van der Waals surface area contributed by atoms with Crippen LogP contribution >= 0.6 is 7.82 Å². The zero-order chi connectivity index (χ0) is 43.5. The average molecular weight is 859 g/mol. The van der Waals surface area contributed by atoms with Crippen molar-refractivity contribution in [1.29, 1.82) is 0 Å². The summed E-state index contributed by atoms with van der Waals surface area (Å²) in [6.45, 7) is 8.49. The molecule has 0 fully saturated rings. The molecule has 0 heterocycles. The number of carbonyl (C=O) groups excluding carboxylic acids is 2. The van der Waals surface area contributed by atoms with Gasteiger partial charge >= 0.3 is 19.8 Å². The minimum Gasteiger partial charge on any atom is -0.462 e. The third-order valence-corrected chi connectivity index (χ3v) is 12.6. The number of hydrogen-bond donors (Lipinski definition) is 2. The van der Waals surface area contributed by atoms with Crippen molar-refractivity contribution < 1.29 is 37.9 Å². The smallest absolute Gasteiger partial charge is 0.462 e. The summed E-state index contributed by atoms with van der Waals surface area (Å²) in [6, 6.07) is 0. The van der Waals surface area contributed by atoms with E-state index in [0.29, 0.717) is 6.42 Å². The minimum atomic E-state index is -4.75. The van der Waals surface area contributed by atoms with Crippen LogP contribution in [0.4, 0.5) is 0 Å². The van der Waals surface area contributed by atoms with E-state index in [0.717, 1.165) is 43.9 Å². The molecule has 2 N–H and O–H groups in total. The number of phosphoric ester groups is 1.